The summed E-state index contributed by atoms with van der Waals surface area (Å²) in [6.07, 6.45) is 1.31. The molecule has 6 nitrogen and oxygen atoms in total. The molecule has 1 fully saturated rings. The Kier molecular flexibility index (Phi) is 5.26. The first-order chi connectivity index (χ1) is 14.7. The molecule has 0 spiro atoms. The largest absolute Gasteiger partial charge is 0.486 e. The number of amides is 1. The molecule has 2 aliphatic rings. The van der Waals surface area contributed by atoms with Crippen molar-refractivity contribution in [2.24, 2.45) is 5.92 Å². The lowest BCUT2D eigenvalue weighted by molar-refractivity contribution is 0.0646. The number of thiazole rings is 1. The van der Waals surface area contributed by atoms with E-state index in [0.29, 0.717) is 61.9 Å². The molecule has 2 aliphatic heterocycles. The van der Waals surface area contributed by atoms with E-state index in [1.807, 2.05) is 22.2 Å². The number of aromatic nitrogens is 1. The maximum Gasteiger partial charge on any atom is 0.273 e. The van der Waals surface area contributed by atoms with Crippen molar-refractivity contribution in [2.45, 2.75) is 12.8 Å². The molecular formula is C22H20N2O4S2. The summed E-state index contributed by atoms with van der Waals surface area (Å²) in [5, 5.41) is 6.72. The number of carbonyl (C=O) groups is 2. The van der Waals surface area contributed by atoms with Gasteiger partial charge in [0, 0.05) is 40.9 Å². The van der Waals surface area contributed by atoms with Crippen LogP contribution >= 0.6 is 22.7 Å². The van der Waals surface area contributed by atoms with Crippen LogP contribution in [0.25, 0.3) is 10.6 Å². The second kappa shape index (κ2) is 8.20. The van der Waals surface area contributed by atoms with Gasteiger partial charge in [-0.05, 0) is 42.5 Å². The first kappa shape index (κ1) is 19.3. The average molecular weight is 441 g/mol. The zero-order chi connectivity index (χ0) is 20.5. The number of hydrogen-bond acceptors (Lipinski definition) is 7. The number of ketones is 1. The molecule has 3 aromatic rings. The number of likely N-dealkylation sites (tertiary alicyclic amines) is 1. The summed E-state index contributed by atoms with van der Waals surface area (Å²) in [6.45, 7) is 2.15. The van der Waals surface area contributed by atoms with Crippen molar-refractivity contribution in [2.75, 3.05) is 26.3 Å². The quantitative estimate of drug-likeness (QED) is 0.563. The summed E-state index contributed by atoms with van der Waals surface area (Å²) in [5.41, 5.74) is 2.18. The summed E-state index contributed by atoms with van der Waals surface area (Å²) >= 11 is 3.10. The third kappa shape index (κ3) is 3.73. The van der Waals surface area contributed by atoms with E-state index in [-0.39, 0.29) is 17.6 Å². The highest BCUT2D eigenvalue weighted by atomic mass is 32.1. The number of nitrogens with zero attached hydrogens (tertiary/aromatic N) is 2. The monoisotopic (exact) mass is 440 g/mol. The van der Waals surface area contributed by atoms with Crippen LogP contribution in [0.3, 0.4) is 0 Å². The molecule has 0 bridgehead atoms. The van der Waals surface area contributed by atoms with Gasteiger partial charge in [-0.1, -0.05) is 0 Å². The maximum atomic E-state index is 13.0. The summed E-state index contributed by atoms with van der Waals surface area (Å²) < 4.78 is 11.1. The summed E-state index contributed by atoms with van der Waals surface area (Å²) in [7, 11) is 0. The Bertz CT molecular complexity index is 1070. The minimum atomic E-state index is -0.0894. The Morgan fingerprint density at radius 1 is 1.03 bits per heavy atom. The van der Waals surface area contributed by atoms with E-state index < -0.39 is 0 Å². The fraction of sp³-hybridized carbons (Fsp3) is 0.318. The zero-order valence-electron chi connectivity index (χ0n) is 16.2. The predicted octanol–water partition coefficient (Wildman–Crippen LogP) is 4.38. The Hall–Kier alpha value is -2.71. The number of Topliss-reactive ketones (excluding diaryl/α,β-unsaturated/α-hetero) is 1. The fourth-order valence-electron chi connectivity index (χ4n) is 3.83. The fourth-order valence-corrected chi connectivity index (χ4v) is 5.34. The predicted molar refractivity (Wildman–Crippen MR) is 116 cm³/mol. The lowest BCUT2D eigenvalue weighted by Crippen LogP contribution is -2.40. The van der Waals surface area contributed by atoms with Crippen molar-refractivity contribution in [3.63, 3.8) is 0 Å². The van der Waals surface area contributed by atoms with Crippen LogP contribution in [-0.4, -0.2) is 47.9 Å². The molecule has 5 rings (SSSR count). The van der Waals surface area contributed by atoms with Gasteiger partial charge in [0.2, 0.25) is 0 Å². The smallest absolute Gasteiger partial charge is 0.273 e. The Morgan fingerprint density at radius 2 is 1.83 bits per heavy atom. The Labute approximate surface area is 182 Å². The molecule has 0 saturated carbocycles. The molecule has 8 heteroatoms. The second-order valence-corrected chi connectivity index (χ2v) is 8.98. The first-order valence-electron chi connectivity index (χ1n) is 9.90. The standard InChI is InChI=1S/C22H20N2O4S2/c25-20(15-1-2-18-19(11-15)28-9-8-27-18)14-3-6-24(7-4-14)22(26)17-13-30-21(23-17)16-5-10-29-12-16/h1-2,5,10-14H,3-4,6-9H2. The number of rotatable bonds is 4. The van der Waals surface area contributed by atoms with Crippen LogP contribution in [0.4, 0.5) is 0 Å². The highest BCUT2D eigenvalue weighted by Gasteiger charge is 2.30. The van der Waals surface area contributed by atoms with Crippen LogP contribution in [0.5, 0.6) is 11.5 Å². The van der Waals surface area contributed by atoms with Crippen LogP contribution in [-0.2, 0) is 0 Å². The topological polar surface area (TPSA) is 68.7 Å². The van der Waals surface area contributed by atoms with Crippen LogP contribution in [0, 0.1) is 5.92 Å². The molecule has 30 heavy (non-hydrogen) atoms. The lowest BCUT2D eigenvalue weighted by Gasteiger charge is -2.31. The van der Waals surface area contributed by atoms with Gasteiger partial charge in [-0.2, -0.15) is 11.3 Å². The third-order valence-corrected chi connectivity index (χ3v) is 7.05. The number of thiophene rings is 1. The SMILES string of the molecule is O=C(c1ccc2c(c1)OCCO2)C1CCN(C(=O)c2csc(-c3ccsc3)n2)CC1. The molecule has 0 N–H and O–H groups in total. The number of fused-ring (bicyclic) bond motifs is 1. The first-order valence-corrected chi connectivity index (χ1v) is 11.7. The van der Waals surface area contributed by atoms with E-state index in [4.69, 9.17) is 9.47 Å². The lowest BCUT2D eigenvalue weighted by atomic mass is 9.88. The van der Waals surface area contributed by atoms with E-state index in [0.717, 1.165) is 10.6 Å². The van der Waals surface area contributed by atoms with E-state index in [1.165, 1.54) is 11.3 Å². The zero-order valence-corrected chi connectivity index (χ0v) is 17.8. The normalized spacial score (nSPS) is 16.5. The van der Waals surface area contributed by atoms with E-state index in [9.17, 15) is 9.59 Å². The van der Waals surface area contributed by atoms with Gasteiger partial charge in [0.05, 0.1) is 0 Å². The van der Waals surface area contributed by atoms with E-state index in [1.54, 1.807) is 34.4 Å². The van der Waals surface area contributed by atoms with E-state index in [2.05, 4.69) is 4.98 Å². The van der Waals surface area contributed by atoms with Crippen molar-refractivity contribution < 1.29 is 19.1 Å². The Balaban J connectivity index is 1.22. The van der Waals surface area contributed by atoms with E-state index >= 15 is 0 Å². The molecule has 0 atom stereocenters. The van der Waals surface area contributed by atoms with Crippen LogP contribution in [0.15, 0.2) is 40.4 Å². The van der Waals surface area contributed by atoms with Crippen molar-refractivity contribution >= 4 is 34.4 Å². The van der Waals surface area contributed by atoms with Crippen molar-refractivity contribution in [3.05, 3.63) is 51.7 Å². The van der Waals surface area contributed by atoms with Gasteiger partial charge in [0.25, 0.3) is 5.91 Å². The van der Waals surface area contributed by atoms with Gasteiger partial charge in [0.15, 0.2) is 17.3 Å². The molecular weight excluding hydrogens is 420 g/mol. The molecule has 0 radical (unpaired) electrons. The highest BCUT2D eigenvalue weighted by molar-refractivity contribution is 7.14. The minimum Gasteiger partial charge on any atom is -0.486 e. The molecule has 2 aromatic heterocycles. The average Bonchev–Trinajstić information content (AvgIpc) is 3.50. The Morgan fingerprint density at radius 3 is 2.60 bits per heavy atom. The molecule has 1 aromatic carbocycles. The second-order valence-electron chi connectivity index (χ2n) is 7.34. The summed E-state index contributed by atoms with van der Waals surface area (Å²) in [4.78, 5) is 32.1. The number of hydrogen-bond donors (Lipinski definition) is 0. The van der Waals surface area contributed by atoms with Crippen LogP contribution in [0.1, 0.15) is 33.7 Å². The molecule has 0 unspecified atom stereocenters. The third-order valence-electron chi connectivity index (χ3n) is 5.47. The van der Waals surface area contributed by atoms with Gasteiger partial charge in [-0.25, -0.2) is 4.98 Å². The van der Waals surface area contributed by atoms with Crippen molar-refractivity contribution in [3.8, 4) is 22.1 Å². The molecule has 1 amide bonds. The van der Waals surface area contributed by atoms with Gasteiger partial charge in [-0.3, -0.25) is 9.59 Å². The summed E-state index contributed by atoms with van der Waals surface area (Å²) in [5.74, 6) is 1.27. The number of ether oxygens (including phenoxy) is 2. The minimum absolute atomic E-state index is 0.0574. The number of piperidine rings is 1. The van der Waals surface area contributed by atoms with Crippen LogP contribution in [0.2, 0.25) is 0 Å². The van der Waals surface area contributed by atoms with Crippen molar-refractivity contribution in [1.82, 2.24) is 9.88 Å². The number of benzene rings is 1. The molecule has 0 aliphatic carbocycles. The molecule has 1 saturated heterocycles. The van der Waals surface area contributed by atoms with Crippen molar-refractivity contribution in [1.29, 1.82) is 0 Å². The maximum absolute atomic E-state index is 13.0. The van der Waals surface area contributed by atoms with Gasteiger partial charge >= 0.3 is 0 Å². The summed E-state index contributed by atoms with van der Waals surface area (Å²) in [6, 6.07) is 7.38. The highest BCUT2D eigenvalue weighted by Crippen LogP contribution is 2.33. The van der Waals surface area contributed by atoms with Gasteiger partial charge in [-0.15, -0.1) is 11.3 Å². The van der Waals surface area contributed by atoms with Crippen LogP contribution < -0.4 is 9.47 Å². The molecule has 154 valence electrons. The number of carbonyl (C=O) groups excluding carboxylic acids is 2. The van der Waals surface area contributed by atoms with Gasteiger partial charge < -0.3 is 14.4 Å². The molecule has 4 heterocycles. The van der Waals surface area contributed by atoms with Gasteiger partial charge in [0.1, 0.15) is 23.9 Å².